The fourth-order valence-corrected chi connectivity index (χ4v) is 2.64. The Morgan fingerprint density at radius 1 is 0.895 bits per heavy atom. The van der Waals surface area contributed by atoms with E-state index in [1.165, 1.54) is 0 Å². The molecule has 1 aliphatic rings. The number of nitrogens with one attached hydrogen (secondary N) is 1. The first-order valence-electron chi connectivity index (χ1n) is 5.84. The van der Waals surface area contributed by atoms with Crippen molar-refractivity contribution in [1.82, 2.24) is 0 Å². The molecule has 0 fully saturated rings. The average molecular weight is 272 g/mol. The Labute approximate surface area is 115 Å². The molecule has 0 heterocycles. The molecule has 0 saturated carbocycles. The Morgan fingerprint density at radius 3 is 2.05 bits per heavy atom. The minimum Gasteiger partial charge on any atom is -0.388 e. The highest BCUT2D eigenvalue weighted by atomic mass is 35.5. The third-order valence-corrected chi connectivity index (χ3v) is 3.61. The van der Waals surface area contributed by atoms with E-state index in [2.05, 4.69) is 5.32 Å². The molecule has 0 bridgehead atoms. The van der Waals surface area contributed by atoms with Gasteiger partial charge in [-0.2, -0.15) is 0 Å². The van der Waals surface area contributed by atoms with Crippen LogP contribution < -0.4 is 5.32 Å². The van der Waals surface area contributed by atoms with Crippen molar-refractivity contribution in [3.8, 4) is 0 Å². The summed E-state index contributed by atoms with van der Waals surface area (Å²) >= 11 is 6.10. The monoisotopic (exact) mass is 271 g/mol. The van der Waals surface area contributed by atoms with Crippen LogP contribution in [0.3, 0.4) is 0 Å². The predicted molar refractivity (Wildman–Crippen MR) is 74.3 cm³/mol. The molecule has 0 spiro atoms. The summed E-state index contributed by atoms with van der Waals surface area (Å²) < 4.78 is 0. The maximum Gasteiger partial charge on any atom is 0.196 e. The summed E-state index contributed by atoms with van der Waals surface area (Å²) in [7, 11) is 1.71. The van der Waals surface area contributed by atoms with Crippen molar-refractivity contribution in [3.05, 3.63) is 63.7 Å². The van der Waals surface area contributed by atoms with Crippen molar-refractivity contribution < 1.29 is 9.59 Å². The van der Waals surface area contributed by atoms with E-state index in [1.54, 1.807) is 43.4 Å². The third kappa shape index (κ3) is 1.59. The lowest BCUT2D eigenvalue weighted by atomic mass is 9.83. The number of hydrogen-bond acceptors (Lipinski definition) is 3. The van der Waals surface area contributed by atoms with Gasteiger partial charge in [0.05, 0.1) is 16.1 Å². The van der Waals surface area contributed by atoms with Crippen molar-refractivity contribution in [2.24, 2.45) is 0 Å². The molecule has 0 aromatic heterocycles. The molecular weight excluding hydrogens is 262 g/mol. The van der Waals surface area contributed by atoms with Gasteiger partial charge in [0.1, 0.15) is 0 Å². The summed E-state index contributed by atoms with van der Waals surface area (Å²) in [6.45, 7) is 0. The number of carbonyl (C=O) groups is 2. The fourth-order valence-electron chi connectivity index (χ4n) is 2.39. The Bertz CT molecular complexity index is 722. The molecule has 0 atom stereocenters. The van der Waals surface area contributed by atoms with Crippen LogP contribution >= 0.6 is 11.6 Å². The Balaban J connectivity index is 2.38. The first kappa shape index (κ1) is 11.9. The zero-order chi connectivity index (χ0) is 13.6. The van der Waals surface area contributed by atoms with Crippen LogP contribution in [0, 0.1) is 0 Å². The van der Waals surface area contributed by atoms with Crippen molar-refractivity contribution in [2.45, 2.75) is 0 Å². The van der Waals surface area contributed by atoms with Crippen molar-refractivity contribution in [1.29, 1.82) is 0 Å². The first-order valence-corrected chi connectivity index (χ1v) is 6.21. The smallest absolute Gasteiger partial charge is 0.196 e. The number of fused-ring (bicyclic) bond motifs is 2. The number of halogens is 1. The fraction of sp³-hybridized carbons (Fsp3) is 0.0667. The van der Waals surface area contributed by atoms with Crippen LogP contribution in [0.5, 0.6) is 0 Å². The molecule has 1 aliphatic carbocycles. The summed E-state index contributed by atoms with van der Waals surface area (Å²) in [4.78, 5) is 25.0. The largest absolute Gasteiger partial charge is 0.388 e. The highest BCUT2D eigenvalue weighted by Crippen LogP contribution is 2.35. The van der Waals surface area contributed by atoms with E-state index in [0.717, 1.165) is 0 Å². The van der Waals surface area contributed by atoms with E-state index < -0.39 is 0 Å². The first-order chi connectivity index (χ1) is 9.15. The minimum absolute atomic E-state index is 0.169. The van der Waals surface area contributed by atoms with E-state index in [-0.39, 0.29) is 17.1 Å². The van der Waals surface area contributed by atoms with Crippen molar-refractivity contribution in [3.63, 3.8) is 0 Å². The maximum atomic E-state index is 12.5. The standard InChI is InChI=1S/C15H10ClNO2/c1-17-11-7-6-10(16)12-13(11)15(19)9-5-3-2-4-8(9)14(12)18/h2-7,17H,1H3. The van der Waals surface area contributed by atoms with E-state index >= 15 is 0 Å². The quantitative estimate of drug-likeness (QED) is 0.739. The van der Waals surface area contributed by atoms with Crippen molar-refractivity contribution in [2.75, 3.05) is 12.4 Å². The number of carbonyl (C=O) groups excluding carboxylic acids is 2. The van der Waals surface area contributed by atoms with Gasteiger partial charge < -0.3 is 5.32 Å². The molecular formula is C15H10ClNO2. The molecule has 0 radical (unpaired) electrons. The lowest BCUT2D eigenvalue weighted by molar-refractivity contribution is 0.0980. The van der Waals surface area contributed by atoms with Gasteiger partial charge in [0.2, 0.25) is 0 Å². The van der Waals surface area contributed by atoms with E-state index in [4.69, 9.17) is 11.6 Å². The lowest BCUT2D eigenvalue weighted by Gasteiger charge is -2.20. The van der Waals surface area contributed by atoms with Gasteiger partial charge in [-0.1, -0.05) is 35.9 Å². The van der Waals surface area contributed by atoms with Crippen LogP contribution in [0.1, 0.15) is 31.8 Å². The van der Waals surface area contributed by atoms with Gasteiger partial charge in [0, 0.05) is 23.9 Å². The second kappa shape index (κ2) is 4.21. The number of hydrogen-bond donors (Lipinski definition) is 1. The Hall–Kier alpha value is -2.13. The summed E-state index contributed by atoms with van der Waals surface area (Å²) in [6.07, 6.45) is 0. The summed E-state index contributed by atoms with van der Waals surface area (Å²) in [5.74, 6) is -0.371. The zero-order valence-corrected chi connectivity index (χ0v) is 10.9. The van der Waals surface area contributed by atoms with Gasteiger partial charge in [0.25, 0.3) is 0 Å². The molecule has 1 N–H and O–H groups in total. The van der Waals surface area contributed by atoms with Gasteiger partial charge in [-0.25, -0.2) is 0 Å². The molecule has 3 rings (SSSR count). The van der Waals surface area contributed by atoms with E-state index in [0.29, 0.717) is 27.4 Å². The van der Waals surface area contributed by atoms with E-state index in [9.17, 15) is 9.59 Å². The number of benzene rings is 2. The third-order valence-electron chi connectivity index (χ3n) is 3.29. The highest BCUT2D eigenvalue weighted by Gasteiger charge is 2.33. The normalized spacial score (nSPS) is 12.9. The molecule has 94 valence electrons. The Morgan fingerprint density at radius 2 is 1.47 bits per heavy atom. The van der Waals surface area contributed by atoms with Crippen LogP contribution in [0.25, 0.3) is 0 Å². The zero-order valence-electron chi connectivity index (χ0n) is 10.2. The average Bonchev–Trinajstić information content (AvgIpc) is 2.44. The summed E-state index contributed by atoms with van der Waals surface area (Å²) in [6, 6.07) is 10.1. The second-order valence-electron chi connectivity index (χ2n) is 4.30. The molecule has 2 aromatic rings. The summed E-state index contributed by atoms with van der Waals surface area (Å²) in [5.41, 5.74) is 2.11. The molecule has 2 aromatic carbocycles. The molecule has 0 unspecified atom stereocenters. The lowest BCUT2D eigenvalue weighted by Crippen LogP contribution is -2.22. The van der Waals surface area contributed by atoms with Crippen LogP contribution in [0.15, 0.2) is 36.4 Å². The van der Waals surface area contributed by atoms with Gasteiger partial charge >= 0.3 is 0 Å². The summed E-state index contributed by atoms with van der Waals surface area (Å²) in [5, 5.41) is 3.24. The van der Waals surface area contributed by atoms with Crippen molar-refractivity contribution >= 4 is 28.9 Å². The van der Waals surface area contributed by atoms with E-state index in [1.807, 2.05) is 0 Å². The maximum absolute atomic E-state index is 12.5. The van der Waals surface area contributed by atoms with Gasteiger partial charge in [-0.3, -0.25) is 9.59 Å². The minimum atomic E-state index is -0.202. The molecule has 19 heavy (non-hydrogen) atoms. The topological polar surface area (TPSA) is 46.2 Å². The van der Waals surface area contributed by atoms with Crippen LogP contribution in [-0.4, -0.2) is 18.6 Å². The highest BCUT2D eigenvalue weighted by molar-refractivity contribution is 6.39. The molecule has 0 saturated heterocycles. The second-order valence-corrected chi connectivity index (χ2v) is 4.71. The van der Waals surface area contributed by atoms with Crippen LogP contribution in [0.4, 0.5) is 5.69 Å². The molecule has 0 aliphatic heterocycles. The number of ketones is 2. The number of rotatable bonds is 1. The predicted octanol–water partition coefficient (Wildman–Crippen LogP) is 3.16. The van der Waals surface area contributed by atoms with Gasteiger partial charge in [-0.05, 0) is 12.1 Å². The Kier molecular flexibility index (Phi) is 2.64. The molecule has 4 heteroatoms. The van der Waals surface area contributed by atoms with Gasteiger partial charge in [-0.15, -0.1) is 0 Å². The SMILES string of the molecule is CNc1ccc(Cl)c2c1C(=O)c1ccccc1C2=O. The molecule has 0 amide bonds. The van der Waals surface area contributed by atoms with Gasteiger partial charge in [0.15, 0.2) is 11.6 Å². The molecule has 3 nitrogen and oxygen atoms in total. The van der Waals surface area contributed by atoms with Crippen LogP contribution in [-0.2, 0) is 0 Å². The number of anilines is 1. The van der Waals surface area contributed by atoms with Crippen LogP contribution in [0.2, 0.25) is 5.02 Å².